The molecular weight excluding hydrogens is 1180 g/mol. The highest BCUT2D eigenvalue weighted by atomic mass is 32.2. The second-order valence-corrected chi connectivity index (χ2v) is 27.2. The number of ether oxygens (including phenoxy) is 4. The summed E-state index contributed by atoms with van der Waals surface area (Å²) in [4.78, 5) is 86.5. The first-order valence-corrected chi connectivity index (χ1v) is 38.7. The summed E-state index contributed by atoms with van der Waals surface area (Å²) >= 11 is 2.53. The van der Waals surface area contributed by atoms with E-state index in [1.165, 1.54) is 94.2 Å². The molecule has 91 heavy (non-hydrogen) atoms. The molecule has 16 heteroatoms. The lowest BCUT2D eigenvalue weighted by atomic mass is 9.97. The maximum absolute atomic E-state index is 13.5. The van der Waals surface area contributed by atoms with Crippen LogP contribution in [0.3, 0.4) is 0 Å². The quantitative estimate of drug-likeness (QED) is 0.0246. The molecule has 0 N–H and O–H groups in total. The van der Waals surface area contributed by atoms with Crippen LogP contribution in [-0.2, 0) is 38.1 Å². The number of thioether (sulfide) groups is 2. The Labute approximate surface area is 566 Å². The molecule has 0 aliphatic carbocycles. The van der Waals surface area contributed by atoms with E-state index in [0.29, 0.717) is 56.3 Å². The Kier molecular flexibility index (Phi) is 62.5. The predicted molar refractivity (Wildman–Crippen MR) is 386 cm³/mol. The number of amides is 2. The highest BCUT2D eigenvalue weighted by molar-refractivity contribution is 8.13. The van der Waals surface area contributed by atoms with Gasteiger partial charge >= 0.3 is 23.9 Å². The average molecular weight is 1320 g/mol. The Morgan fingerprint density at radius 2 is 0.802 bits per heavy atom. The molecule has 0 aliphatic heterocycles. The molecule has 0 aromatic rings. The van der Waals surface area contributed by atoms with Gasteiger partial charge in [0.1, 0.15) is 32.0 Å². The summed E-state index contributed by atoms with van der Waals surface area (Å²) in [5.74, 6) is 0.826. The summed E-state index contributed by atoms with van der Waals surface area (Å²) in [5.41, 5.74) is 0. The van der Waals surface area contributed by atoms with E-state index in [1.807, 2.05) is 31.1 Å². The van der Waals surface area contributed by atoms with Gasteiger partial charge in [0.05, 0.1) is 0 Å². The molecule has 0 fully saturated rings. The van der Waals surface area contributed by atoms with Crippen molar-refractivity contribution in [2.45, 2.75) is 298 Å². The number of rotatable bonds is 63. The van der Waals surface area contributed by atoms with E-state index in [2.05, 4.69) is 89.8 Å². The summed E-state index contributed by atoms with van der Waals surface area (Å²) < 4.78 is 23.1. The molecule has 0 aromatic heterocycles. The minimum atomic E-state index is -0.357. The van der Waals surface area contributed by atoms with Crippen LogP contribution in [0.4, 0.5) is 9.59 Å². The van der Waals surface area contributed by atoms with E-state index >= 15 is 0 Å². The van der Waals surface area contributed by atoms with Gasteiger partial charge < -0.3 is 38.5 Å². The molecule has 0 saturated heterocycles. The summed E-state index contributed by atoms with van der Waals surface area (Å²) in [7, 11) is 3.97. The number of hydrogen-bond donors (Lipinski definition) is 0. The van der Waals surface area contributed by atoms with E-state index in [-0.39, 0.29) is 85.6 Å². The molecule has 0 aromatic carbocycles. The number of nitrogens with zero attached hydrogens (tertiary/aromatic N) is 4. The number of hydrogen-bond acceptors (Lipinski definition) is 14. The monoisotopic (exact) mass is 1320 g/mol. The molecule has 0 saturated carbocycles. The molecule has 0 rings (SSSR count). The van der Waals surface area contributed by atoms with Crippen molar-refractivity contribution in [3.05, 3.63) is 48.6 Å². The first-order chi connectivity index (χ1) is 44.2. The molecule has 0 heterocycles. The lowest BCUT2D eigenvalue weighted by Gasteiger charge is -2.24. The number of esters is 4. The first-order valence-electron chi connectivity index (χ1n) is 36.7. The fraction of sp³-hybridized carbons (Fsp3) is 0.813. The molecule has 2 unspecified atom stereocenters. The number of allylic oxidation sites excluding steroid dienone is 6. The van der Waals surface area contributed by atoms with Crippen LogP contribution < -0.4 is 0 Å². The molecule has 2 amide bonds. The first kappa shape index (κ1) is 87.4. The Morgan fingerprint density at radius 1 is 0.374 bits per heavy atom. The predicted octanol–water partition coefficient (Wildman–Crippen LogP) is 19.5. The van der Waals surface area contributed by atoms with Crippen LogP contribution in [0.2, 0.25) is 0 Å². The number of carbonyl (C=O) groups is 6. The maximum atomic E-state index is 13.5. The lowest BCUT2D eigenvalue weighted by molar-refractivity contribution is -0.151. The lowest BCUT2D eigenvalue weighted by Crippen LogP contribution is -2.36. The van der Waals surface area contributed by atoms with Crippen molar-refractivity contribution in [1.82, 2.24) is 19.6 Å². The van der Waals surface area contributed by atoms with Gasteiger partial charge in [0.2, 0.25) is 0 Å². The second-order valence-electron chi connectivity index (χ2n) is 25.1. The van der Waals surface area contributed by atoms with Gasteiger partial charge in [0.15, 0.2) is 0 Å². The second kappa shape index (κ2) is 65.1. The Hall–Kier alpha value is -3.60. The smallest absolute Gasteiger partial charge is 0.325 e. The minimum Gasteiger partial charge on any atom is -0.462 e. The molecule has 528 valence electrons. The molecular formula is C75H136N4O10S2. The third-order valence-electron chi connectivity index (χ3n) is 16.3. The van der Waals surface area contributed by atoms with Gasteiger partial charge in [-0.05, 0) is 162 Å². The van der Waals surface area contributed by atoms with Gasteiger partial charge in [-0.25, -0.2) is 0 Å². The zero-order valence-corrected chi connectivity index (χ0v) is 61.3. The van der Waals surface area contributed by atoms with Crippen molar-refractivity contribution in [2.75, 3.05) is 91.2 Å². The van der Waals surface area contributed by atoms with E-state index in [1.54, 1.807) is 9.80 Å². The van der Waals surface area contributed by atoms with Crippen LogP contribution in [0.25, 0.3) is 0 Å². The fourth-order valence-corrected chi connectivity index (χ4v) is 12.3. The van der Waals surface area contributed by atoms with Crippen LogP contribution in [0.15, 0.2) is 48.6 Å². The zero-order chi connectivity index (χ0) is 67.1. The number of unbranched alkanes of at least 4 members (excludes halogenated alkanes) is 16. The van der Waals surface area contributed by atoms with Crippen molar-refractivity contribution < 1.29 is 47.7 Å². The van der Waals surface area contributed by atoms with Gasteiger partial charge in [0.25, 0.3) is 10.5 Å². The van der Waals surface area contributed by atoms with Gasteiger partial charge in [0, 0.05) is 56.9 Å². The van der Waals surface area contributed by atoms with Crippen molar-refractivity contribution in [3.63, 3.8) is 0 Å². The normalized spacial score (nSPS) is 12.6. The fourth-order valence-electron chi connectivity index (χ4n) is 10.5. The highest BCUT2D eigenvalue weighted by Gasteiger charge is 2.23. The summed E-state index contributed by atoms with van der Waals surface area (Å²) in [5, 5.41) is -0.172. The summed E-state index contributed by atoms with van der Waals surface area (Å²) in [6, 6.07) is 0. The van der Waals surface area contributed by atoms with Crippen LogP contribution in [0.5, 0.6) is 0 Å². The van der Waals surface area contributed by atoms with E-state index in [0.717, 1.165) is 155 Å². The molecule has 2 atom stereocenters. The third kappa shape index (κ3) is 57.6. The highest BCUT2D eigenvalue weighted by Crippen LogP contribution is 2.21. The molecule has 0 spiro atoms. The standard InChI is InChI=1S/C75H136N4O10S2/c1-10-16-20-24-25-34-42-62-86-70(80)54-44-58-78(74(84)91-65-61-76(8)9)59-46-56-72(82)88-68(50-38-28-21-17-11-2)51-41-33-26-31-36-48-67(7)49-37-32-27-35-43-63-87-71(81)55-45-60-79(75(85)90-64-47-57-77(14-5)15-6)66-73(83)89-69(52-39-29-22-18-12-3)53-40-30-23-19-13-4/h21,26,28,33-35,42-43,67-69H,10-20,22-25,27,29-32,36-41,44-66H2,1-9H3/b28-21+,33-26+,42-34-,43-35-. The van der Waals surface area contributed by atoms with Crippen LogP contribution in [0, 0.1) is 5.92 Å². The van der Waals surface area contributed by atoms with Crippen LogP contribution in [0.1, 0.15) is 286 Å². The summed E-state index contributed by atoms with van der Waals surface area (Å²) in [6.45, 7) is 20.6. The Balaban J connectivity index is 4.94. The molecule has 0 bridgehead atoms. The van der Waals surface area contributed by atoms with Crippen LogP contribution in [-0.4, -0.2) is 157 Å². The van der Waals surface area contributed by atoms with Crippen molar-refractivity contribution in [1.29, 1.82) is 0 Å². The largest absolute Gasteiger partial charge is 0.462 e. The van der Waals surface area contributed by atoms with E-state index in [4.69, 9.17) is 18.9 Å². The Bertz CT molecular complexity index is 1880. The van der Waals surface area contributed by atoms with Crippen molar-refractivity contribution in [2.24, 2.45) is 5.92 Å². The van der Waals surface area contributed by atoms with Gasteiger partial charge in [-0.15, -0.1) is 0 Å². The topological polar surface area (TPSA) is 152 Å². The SMILES string of the molecule is CCC/C=C/CCC(CC/C=C/CCCC(C)CCCC/C=C\COC(=O)CCCN(CC(=O)OC(CCCCCCC)CCCCCCC)C(=O)SCCCN(CC)CC)OC(=O)CCCN(CCCC(=O)OC/C=C\CCCCCC)C(=O)SCCN(C)C. The van der Waals surface area contributed by atoms with E-state index < -0.39 is 0 Å². The zero-order valence-electron chi connectivity index (χ0n) is 59.7. The molecule has 14 nitrogen and oxygen atoms in total. The van der Waals surface area contributed by atoms with Gasteiger partial charge in [-0.1, -0.05) is 217 Å². The number of carbonyl (C=O) groups excluding carboxylic acids is 6. The van der Waals surface area contributed by atoms with Gasteiger partial charge in [-0.3, -0.25) is 28.8 Å². The maximum Gasteiger partial charge on any atom is 0.325 e. The van der Waals surface area contributed by atoms with Crippen molar-refractivity contribution in [3.8, 4) is 0 Å². The summed E-state index contributed by atoms with van der Waals surface area (Å²) in [6.07, 6.45) is 51.8. The third-order valence-corrected chi connectivity index (χ3v) is 18.2. The van der Waals surface area contributed by atoms with Crippen molar-refractivity contribution >= 4 is 57.9 Å². The average Bonchev–Trinajstić information content (AvgIpc) is 3.69. The Morgan fingerprint density at radius 3 is 1.35 bits per heavy atom. The van der Waals surface area contributed by atoms with Gasteiger partial charge in [-0.2, -0.15) is 0 Å². The van der Waals surface area contributed by atoms with E-state index in [9.17, 15) is 28.8 Å². The minimum absolute atomic E-state index is 0.0325. The molecule has 0 radical (unpaired) electrons. The molecule has 0 aliphatic rings. The van der Waals surface area contributed by atoms with Crippen LogP contribution >= 0.6 is 23.5 Å².